The molecule has 1 aromatic rings. The molecule has 0 aliphatic carbocycles. The van der Waals surface area contributed by atoms with Gasteiger partial charge in [0.1, 0.15) is 12.2 Å². The van der Waals surface area contributed by atoms with Crippen LogP contribution in [-0.2, 0) is 9.59 Å². The number of hydrogen-bond donors (Lipinski definition) is 1. The summed E-state index contributed by atoms with van der Waals surface area (Å²) in [5.41, 5.74) is 0.354. The van der Waals surface area contributed by atoms with Gasteiger partial charge in [0.2, 0.25) is 0 Å². The van der Waals surface area contributed by atoms with Crippen molar-refractivity contribution in [3.8, 4) is 18.1 Å². The molecule has 0 atom stereocenters. The fourth-order valence-electron chi connectivity index (χ4n) is 2.07. The Hall–Kier alpha value is -2.33. The molecule has 0 unspecified atom stereocenters. The number of rotatable bonds is 5. The van der Waals surface area contributed by atoms with Gasteiger partial charge in [0.05, 0.1) is 10.0 Å². The maximum atomic E-state index is 12.5. The summed E-state index contributed by atoms with van der Waals surface area (Å²) < 4.78 is 5.26. The van der Waals surface area contributed by atoms with Crippen molar-refractivity contribution in [2.24, 2.45) is 0 Å². The zero-order valence-electron chi connectivity index (χ0n) is 12.8. The Morgan fingerprint density at radius 1 is 1.36 bits per heavy atom. The third-order valence-electron chi connectivity index (χ3n) is 3.13. The molecule has 0 radical (unpaired) electrons. The number of benzene rings is 1. The summed E-state index contributed by atoms with van der Waals surface area (Å²) in [4.78, 5) is 25.8. The molecule has 128 valence electrons. The van der Waals surface area contributed by atoms with Crippen molar-refractivity contribution in [1.82, 2.24) is 10.2 Å². The van der Waals surface area contributed by atoms with Gasteiger partial charge in [-0.2, -0.15) is 0 Å². The van der Waals surface area contributed by atoms with Gasteiger partial charge in [-0.05, 0) is 36.0 Å². The van der Waals surface area contributed by atoms with Crippen LogP contribution in [0.2, 0.25) is 10.0 Å². The van der Waals surface area contributed by atoms with Crippen LogP contribution in [0.1, 0.15) is 5.56 Å². The third kappa shape index (κ3) is 4.20. The number of halogens is 2. The molecule has 0 aromatic heterocycles. The first kappa shape index (κ1) is 19.0. The Balaban J connectivity index is 2.40. The Morgan fingerprint density at radius 2 is 2.00 bits per heavy atom. The highest BCUT2D eigenvalue weighted by atomic mass is 35.5. The van der Waals surface area contributed by atoms with Gasteiger partial charge in [0, 0.05) is 6.54 Å². The van der Waals surface area contributed by atoms with Gasteiger partial charge in [0.25, 0.3) is 11.8 Å². The van der Waals surface area contributed by atoms with Gasteiger partial charge in [0.15, 0.2) is 10.9 Å². The molecule has 25 heavy (non-hydrogen) atoms. The molecule has 8 heteroatoms. The summed E-state index contributed by atoms with van der Waals surface area (Å²) in [7, 11) is 0. The molecule has 1 heterocycles. The van der Waals surface area contributed by atoms with Gasteiger partial charge in [-0.3, -0.25) is 19.8 Å². The molecule has 1 aromatic carbocycles. The van der Waals surface area contributed by atoms with Crippen LogP contribution in [0.15, 0.2) is 30.4 Å². The molecule has 1 saturated heterocycles. The van der Waals surface area contributed by atoms with Crippen LogP contribution in [0.5, 0.6) is 5.75 Å². The molecule has 0 saturated carbocycles. The normalized spacial score (nSPS) is 15.8. The maximum Gasteiger partial charge on any atom is 0.265 e. The molecule has 0 bridgehead atoms. The molecule has 1 aliphatic rings. The van der Waals surface area contributed by atoms with Crippen LogP contribution < -0.4 is 10.1 Å². The van der Waals surface area contributed by atoms with Crippen molar-refractivity contribution in [3.63, 3.8) is 0 Å². The Morgan fingerprint density at radius 3 is 2.56 bits per heavy atom. The number of carbonyl (C=O) groups is 2. The summed E-state index contributed by atoms with van der Waals surface area (Å²) in [6.07, 6.45) is 8.01. The number of terminal acetylenes is 1. The zero-order chi connectivity index (χ0) is 18.6. The second-order valence-corrected chi connectivity index (χ2v) is 6.03. The monoisotopic (exact) mass is 394 g/mol. The van der Waals surface area contributed by atoms with E-state index >= 15 is 0 Å². The van der Waals surface area contributed by atoms with Crippen molar-refractivity contribution in [3.05, 3.63) is 46.0 Å². The third-order valence-corrected chi connectivity index (χ3v) is 4.01. The first-order chi connectivity index (χ1) is 11.9. The highest BCUT2D eigenvalue weighted by Gasteiger charge is 2.32. The minimum atomic E-state index is -0.602. The number of carbonyl (C=O) groups excluding carboxylic acids is 2. The van der Waals surface area contributed by atoms with Crippen molar-refractivity contribution in [2.45, 2.75) is 0 Å². The summed E-state index contributed by atoms with van der Waals surface area (Å²) in [5.74, 6) is 1.41. The number of ether oxygens (including phenoxy) is 1. The fraction of sp³-hybridized carbons (Fsp3) is 0.118. The van der Waals surface area contributed by atoms with Crippen molar-refractivity contribution >= 4 is 58.4 Å². The Kier molecular flexibility index (Phi) is 6.21. The molecule has 2 rings (SSSR count). The Bertz CT molecular complexity index is 820. The van der Waals surface area contributed by atoms with Crippen molar-refractivity contribution < 1.29 is 14.3 Å². The van der Waals surface area contributed by atoms with Crippen LogP contribution in [0, 0.1) is 12.3 Å². The quantitative estimate of drug-likeness (QED) is 0.274. The summed E-state index contributed by atoms with van der Waals surface area (Å²) in [6.45, 7) is 3.75. The predicted molar refractivity (Wildman–Crippen MR) is 101 cm³/mol. The number of nitrogens with one attached hydrogen (secondary N) is 1. The summed E-state index contributed by atoms with van der Waals surface area (Å²) in [6, 6.07) is 3.02. The second kappa shape index (κ2) is 8.17. The van der Waals surface area contributed by atoms with Gasteiger partial charge < -0.3 is 4.74 Å². The molecule has 1 N–H and O–H groups in total. The average molecular weight is 395 g/mol. The number of amides is 2. The van der Waals surface area contributed by atoms with E-state index in [1.807, 2.05) is 0 Å². The van der Waals surface area contributed by atoms with Crippen LogP contribution in [0.4, 0.5) is 0 Å². The first-order valence-corrected chi connectivity index (χ1v) is 8.10. The van der Waals surface area contributed by atoms with E-state index in [4.69, 9.17) is 46.6 Å². The zero-order valence-corrected chi connectivity index (χ0v) is 15.2. The van der Waals surface area contributed by atoms with E-state index in [1.54, 1.807) is 0 Å². The molecule has 1 fully saturated rings. The molecule has 1 aliphatic heterocycles. The number of nitrogens with zero attached hydrogens (tertiary/aromatic N) is 1. The molecule has 5 nitrogen and oxygen atoms in total. The predicted octanol–water partition coefficient (Wildman–Crippen LogP) is 2.82. The summed E-state index contributed by atoms with van der Waals surface area (Å²) >= 11 is 17.2. The molecular weight excluding hydrogens is 383 g/mol. The van der Waals surface area contributed by atoms with E-state index in [9.17, 15) is 9.59 Å². The molecule has 0 spiro atoms. The van der Waals surface area contributed by atoms with Gasteiger partial charge in [-0.1, -0.05) is 35.2 Å². The van der Waals surface area contributed by atoms with E-state index < -0.39 is 11.8 Å². The lowest BCUT2D eigenvalue weighted by Gasteiger charge is -2.27. The van der Waals surface area contributed by atoms with Crippen LogP contribution in [-0.4, -0.2) is 35.0 Å². The lowest BCUT2D eigenvalue weighted by molar-refractivity contribution is -0.128. The standard InChI is InChI=1S/C17H12Cl2N2O3S/c1-3-5-21-16(23)11(15(22)20-17(21)25)7-10-8-12(18)14(13(19)9-10)24-6-4-2/h2-3,7-9H,1,5-6H2,(H,20,22,25)/b11-7+. The highest BCUT2D eigenvalue weighted by molar-refractivity contribution is 7.80. The largest absolute Gasteiger partial charge is 0.478 e. The van der Waals surface area contributed by atoms with E-state index in [-0.39, 0.29) is 39.6 Å². The minimum Gasteiger partial charge on any atom is -0.478 e. The number of thiocarbonyl (C=S) groups is 1. The van der Waals surface area contributed by atoms with Gasteiger partial charge >= 0.3 is 0 Å². The van der Waals surface area contributed by atoms with E-state index in [1.165, 1.54) is 29.2 Å². The number of hydrogen-bond acceptors (Lipinski definition) is 4. The fourth-order valence-corrected chi connectivity index (χ4v) is 2.93. The van der Waals surface area contributed by atoms with Crippen molar-refractivity contribution in [1.29, 1.82) is 0 Å². The smallest absolute Gasteiger partial charge is 0.265 e. The first-order valence-electron chi connectivity index (χ1n) is 6.94. The van der Waals surface area contributed by atoms with Crippen molar-refractivity contribution in [2.75, 3.05) is 13.2 Å². The second-order valence-electron chi connectivity index (χ2n) is 4.83. The SMILES string of the molecule is C#CCOc1c(Cl)cc(/C=C2\C(=O)NC(=S)N(CC=C)C2=O)cc1Cl. The van der Waals surface area contributed by atoms with E-state index in [2.05, 4.69) is 17.8 Å². The average Bonchev–Trinajstić information content (AvgIpc) is 2.55. The van der Waals surface area contributed by atoms with Crippen LogP contribution >= 0.6 is 35.4 Å². The minimum absolute atomic E-state index is 0.00866. The maximum absolute atomic E-state index is 12.5. The lowest BCUT2D eigenvalue weighted by Crippen LogP contribution is -2.53. The van der Waals surface area contributed by atoms with Gasteiger partial charge in [-0.15, -0.1) is 13.0 Å². The highest BCUT2D eigenvalue weighted by Crippen LogP contribution is 2.35. The molecular formula is C17H12Cl2N2O3S. The van der Waals surface area contributed by atoms with Crippen LogP contribution in [0.25, 0.3) is 6.08 Å². The lowest BCUT2D eigenvalue weighted by atomic mass is 10.1. The molecule has 2 amide bonds. The summed E-state index contributed by atoms with van der Waals surface area (Å²) in [5, 5.41) is 2.89. The Labute approximate surface area is 160 Å². The van der Waals surface area contributed by atoms with E-state index in [0.29, 0.717) is 5.56 Å². The van der Waals surface area contributed by atoms with Crippen LogP contribution in [0.3, 0.4) is 0 Å². The van der Waals surface area contributed by atoms with Gasteiger partial charge in [-0.25, -0.2) is 0 Å². The topological polar surface area (TPSA) is 58.6 Å². The van der Waals surface area contributed by atoms with E-state index in [0.717, 1.165) is 0 Å².